The van der Waals surface area contributed by atoms with Crippen LogP contribution in [-0.4, -0.2) is 23.8 Å². The van der Waals surface area contributed by atoms with E-state index in [1.54, 1.807) is 31.2 Å². The van der Waals surface area contributed by atoms with Crippen LogP contribution in [-0.2, 0) is 16.0 Å². The first-order valence-electron chi connectivity index (χ1n) is 9.73. The summed E-state index contributed by atoms with van der Waals surface area (Å²) in [5, 5.41) is 2.81. The quantitative estimate of drug-likeness (QED) is 0.628. The third kappa shape index (κ3) is 5.81. The molecule has 0 saturated heterocycles. The molecule has 0 aliphatic heterocycles. The summed E-state index contributed by atoms with van der Waals surface area (Å²) in [6.45, 7) is 3.67. The molecule has 7 heteroatoms. The van der Waals surface area contributed by atoms with E-state index in [0.717, 1.165) is 19.3 Å². The SMILES string of the molecule is CCc1ccc(OC(C)C(=O)NNC(=O)c2ccc(NC(=O)C3CC3)cc2)cc1. The Bertz CT molecular complexity index is 874. The highest BCUT2D eigenvalue weighted by Gasteiger charge is 2.29. The number of ether oxygens (including phenoxy) is 1. The Morgan fingerprint density at radius 2 is 1.66 bits per heavy atom. The van der Waals surface area contributed by atoms with Crippen LogP contribution in [0.25, 0.3) is 0 Å². The lowest BCUT2D eigenvalue weighted by Gasteiger charge is -2.15. The molecule has 3 N–H and O–H groups in total. The zero-order valence-corrected chi connectivity index (χ0v) is 16.5. The fourth-order valence-electron chi connectivity index (χ4n) is 2.65. The second-order valence-electron chi connectivity index (χ2n) is 7.04. The van der Waals surface area contributed by atoms with Crippen molar-refractivity contribution in [3.8, 4) is 5.75 Å². The molecule has 1 aliphatic carbocycles. The Balaban J connectivity index is 1.45. The molecule has 3 rings (SSSR count). The fourth-order valence-corrected chi connectivity index (χ4v) is 2.65. The first-order valence-corrected chi connectivity index (χ1v) is 9.73. The van der Waals surface area contributed by atoms with Crippen LogP contribution in [0, 0.1) is 5.92 Å². The van der Waals surface area contributed by atoms with Gasteiger partial charge in [0.05, 0.1) is 0 Å². The molecule has 2 aromatic rings. The summed E-state index contributed by atoms with van der Waals surface area (Å²) in [5.74, 6) is -0.223. The molecule has 0 spiro atoms. The Morgan fingerprint density at radius 3 is 2.24 bits per heavy atom. The fraction of sp³-hybridized carbons (Fsp3) is 0.318. The molecule has 0 heterocycles. The smallest absolute Gasteiger partial charge is 0.279 e. The van der Waals surface area contributed by atoms with Crippen molar-refractivity contribution in [2.24, 2.45) is 5.92 Å². The summed E-state index contributed by atoms with van der Waals surface area (Å²) >= 11 is 0. The van der Waals surface area contributed by atoms with Crippen molar-refractivity contribution in [1.82, 2.24) is 10.9 Å². The Kier molecular flexibility index (Phi) is 6.49. The molecule has 29 heavy (non-hydrogen) atoms. The molecule has 1 aliphatic rings. The van der Waals surface area contributed by atoms with Gasteiger partial charge in [0, 0.05) is 17.2 Å². The predicted octanol–water partition coefficient (Wildman–Crippen LogP) is 2.83. The normalized spacial score (nSPS) is 13.9. The number of benzene rings is 2. The Hall–Kier alpha value is -3.35. The largest absolute Gasteiger partial charge is 0.481 e. The van der Waals surface area contributed by atoms with Crippen LogP contribution in [0.15, 0.2) is 48.5 Å². The van der Waals surface area contributed by atoms with Crippen molar-refractivity contribution in [1.29, 1.82) is 0 Å². The third-order valence-electron chi connectivity index (χ3n) is 4.68. The van der Waals surface area contributed by atoms with E-state index in [2.05, 4.69) is 23.1 Å². The first-order chi connectivity index (χ1) is 14.0. The maximum atomic E-state index is 12.2. The highest BCUT2D eigenvalue weighted by Crippen LogP contribution is 2.30. The number of aryl methyl sites for hydroxylation is 1. The lowest BCUT2D eigenvalue weighted by atomic mass is 10.2. The van der Waals surface area contributed by atoms with E-state index < -0.39 is 17.9 Å². The van der Waals surface area contributed by atoms with Gasteiger partial charge in [0.15, 0.2) is 6.10 Å². The van der Waals surface area contributed by atoms with Gasteiger partial charge in [0.25, 0.3) is 11.8 Å². The maximum absolute atomic E-state index is 12.2. The van der Waals surface area contributed by atoms with Crippen LogP contribution < -0.4 is 20.9 Å². The predicted molar refractivity (Wildman–Crippen MR) is 109 cm³/mol. The van der Waals surface area contributed by atoms with Gasteiger partial charge in [-0.05, 0) is 68.1 Å². The second-order valence-corrected chi connectivity index (χ2v) is 7.04. The van der Waals surface area contributed by atoms with Crippen LogP contribution in [0.2, 0.25) is 0 Å². The molecule has 0 aromatic heterocycles. The van der Waals surface area contributed by atoms with Crippen molar-refractivity contribution in [3.05, 3.63) is 59.7 Å². The average molecular weight is 395 g/mol. The van der Waals surface area contributed by atoms with Crippen LogP contribution in [0.4, 0.5) is 5.69 Å². The highest BCUT2D eigenvalue weighted by molar-refractivity contribution is 5.97. The zero-order chi connectivity index (χ0) is 20.8. The van der Waals surface area contributed by atoms with Crippen molar-refractivity contribution >= 4 is 23.4 Å². The Labute approximate surface area is 169 Å². The highest BCUT2D eigenvalue weighted by atomic mass is 16.5. The zero-order valence-electron chi connectivity index (χ0n) is 16.5. The number of carbonyl (C=O) groups is 3. The first kappa shape index (κ1) is 20.4. The third-order valence-corrected chi connectivity index (χ3v) is 4.68. The topological polar surface area (TPSA) is 96.5 Å². The number of nitrogens with one attached hydrogen (secondary N) is 3. The van der Waals surface area contributed by atoms with Gasteiger partial charge < -0.3 is 10.1 Å². The molecule has 7 nitrogen and oxygen atoms in total. The average Bonchev–Trinajstić information content (AvgIpc) is 3.58. The van der Waals surface area contributed by atoms with Crippen LogP contribution in [0.3, 0.4) is 0 Å². The summed E-state index contributed by atoms with van der Waals surface area (Å²) in [6, 6.07) is 14.0. The van der Waals surface area contributed by atoms with Crippen LogP contribution >= 0.6 is 0 Å². The van der Waals surface area contributed by atoms with Crippen molar-refractivity contribution in [3.63, 3.8) is 0 Å². The summed E-state index contributed by atoms with van der Waals surface area (Å²) in [4.78, 5) is 36.1. The molecule has 0 bridgehead atoms. The summed E-state index contributed by atoms with van der Waals surface area (Å²) in [7, 11) is 0. The lowest BCUT2D eigenvalue weighted by Crippen LogP contribution is -2.47. The van der Waals surface area contributed by atoms with E-state index in [4.69, 9.17) is 4.74 Å². The van der Waals surface area contributed by atoms with E-state index in [0.29, 0.717) is 17.0 Å². The van der Waals surface area contributed by atoms with Gasteiger partial charge in [-0.3, -0.25) is 25.2 Å². The molecule has 3 amide bonds. The number of rotatable bonds is 7. The number of hydrazine groups is 1. The summed E-state index contributed by atoms with van der Waals surface area (Å²) in [5.41, 5.74) is 6.90. The van der Waals surface area contributed by atoms with Gasteiger partial charge in [0.1, 0.15) is 5.75 Å². The summed E-state index contributed by atoms with van der Waals surface area (Å²) < 4.78 is 5.59. The number of amides is 3. The maximum Gasteiger partial charge on any atom is 0.279 e. The minimum atomic E-state index is -0.775. The molecular formula is C22H25N3O4. The monoisotopic (exact) mass is 395 g/mol. The van der Waals surface area contributed by atoms with Crippen LogP contribution in [0.1, 0.15) is 42.6 Å². The van der Waals surface area contributed by atoms with Gasteiger partial charge in [0.2, 0.25) is 5.91 Å². The van der Waals surface area contributed by atoms with Crippen LogP contribution in [0.5, 0.6) is 5.75 Å². The van der Waals surface area contributed by atoms with E-state index in [-0.39, 0.29) is 11.8 Å². The Morgan fingerprint density at radius 1 is 1.00 bits per heavy atom. The van der Waals surface area contributed by atoms with Gasteiger partial charge >= 0.3 is 0 Å². The summed E-state index contributed by atoms with van der Waals surface area (Å²) in [6.07, 6.45) is 2.01. The number of hydrogen-bond donors (Lipinski definition) is 3. The molecule has 152 valence electrons. The molecule has 2 aromatic carbocycles. The number of carbonyl (C=O) groups excluding carboxylic acids is 3. The molecule has 0 radical (unpaired) electrons. The lowest BCUT2D eigenvalue weighted by molar-refractivity contribution is -0.128. The van der Waals surface area contributed by atoms with Crippen molar-refractivity contribution < 1.29 is 19.1 Å². The molecule has 1 atom stereocenters. The van der Waals surface area contributed by atoms with E-state index in [1.807, 2.05) is 24.3 Å². The molecule has 1 unspecified atom stereocenters. The number of anilines is 1. The second kappa shape index (κ2) is 9.23. The molecule has 1 fully saturated rings. The van der Waals surface area contributed by atoms with Gasteiger partial charge in [-0.25, -0.2) is 0 Å². The minimum absolute atomic E-state index is 0.00721. The van der Waals surface area contributed by atoms with Gasteiger partial charge in [-0.2, -0.15) is 0 Å². The molecular weight excluding hydrogens is 370 g/mol. The van der Waals surface area contributed by atoms with E-state index >= 15 is 0 Å². The van der Waals surface area contributed by atoms with Crippen molar-refractivity contribution in [2.75, 3.05) is 5.32 Å². The van der Waals surface area contributed by atoms with Gasteiger partial charge in [-0.15, -0.1) is 0 Å². The van der Waals surface area contributed by atoms with Gasteiger partial charge in [-0.1, -0.05) is 19.1 Å². The standard InChI is InChI=1S/C22H25N3O4/c1-3-15-4-12-19(13-5-15)29-14(2)20(26)24-25-22(28)17-8-10-18(11-9-17)23-21(27)16-6-7-16/h4-5,8-14,16H,3,6-7H2,1-2H3,(H,23,27)(H,24,26)(H,25,28). The molecule has 1 saturated carbocycles. The minimum Gasteiger partial charge on any atom is -0.481 e. The van der Waals surface area contributed by atoms with E-state index in [9.17, 15) is 14.4 Å². The van der Waals surface area contributed by atoms with Crippen molar-refractivity contribution in [2.45, 2.75) is 39.2 Å². The number of hydrogen-bond acceptors (Lipinski definition) is 4. The van der Waals surface area contributed by atoms with E-state index in [1.165, 1.54) is 5.56 Å².